The molecule has 0 saturated heterocycles. The van der Waals surface area contributed by atoms with E-state index >= 15 is 0 Å². The molecule has 116 valence electrons. The minimum absolute atomic E-state index is 0.0220. The highest BCUT2D eigenvalue weighted by Gasteiger charge is 2.28. The molecule has 2 atom stereocenters. The predicted molar refractivity (Wildman–Crippen MR) is 87.4 cm³/mol. The van der Waals surface area contributed by atoms with Gasteiger partial charge in [0.25, 0.3) is 0 Å². The molecule has 2 rings (SSSR count). The van der Waals surface area contributed by atoms with Crippen molar-refractivity contribution in [2.45, 2.75) is 38.6 Å². The zero-order chi connectivity index (χ0) is 15.2. The fraction of sp³-hybridized carbons (Fsp3) is 0.588. The lowest BCUT2D eigenvalue weighted by molar-refractivity contribution is -0.125. The second-order valence-electron chi connectivity index (χ2n) is 6.04. The Bertz CT molecular complexity index is 454. The Kier molecular flexibility index (Phi) is 6.07. The van der Waals surface area contributed by atoms with Gasteiger partial charge >= 0.3 is 0 Å². The highest BCUT2D eigenvalue weighted by atomic mass is 35.5. The Balaban J connectivity index is 2.12. The van der Waals surface area contributed by atoms with Gasteiger partial charge in [-0.05, 0) is 43.5 Å². The first-order valence-corrected chi connectivity index (χ1v) is 8.20. The summed E-state index contributed by atoms with van der Waals surface area (Å²) < 4.78 is 0. The van der Waals surface area contributed by atoms with Crippen LogP contribution in [0.25, 0.3) is 0 Å². The molecule has 1 aliphatic carbocycles. The van der Waals surface area contributed by atoms with E-state index in [0.29, 0.717) is 12.5 Å². The summed E-state index contributed by atoms with van der Waals surface area (Å²) in [5, 5.41) is 7.05. The maximum Gasteiger partial charge on any atom is 0.224 e. The fourth-order valence-electron chi connectivity index (χ4n) is 3.13. The molecule has 0 bridgehead atoms. The zero-order valence-electron chi connectivity index (χ0n) is 12.9. The summed E-state index contributed by atoms with van der Waals surface area (Å²) in [4.78, 5) is 12.4. The molecular formula is C17H25ClN2O. The maximum absolute atomic E-state index is 12.4. The number of hydrogen-bond donors (Lipinski definition) is 2. The third-order valence-corrected chi connectivity index (χ3v) is 4.61. The van der Waals surface area contributed by atoms with Gasteiger partial charge in [0, 0.05) is 17.5 Å². The van der Waals surface area contributed by atoms with Crippen LogP contribution in [0.15, 0.2) is 24.3 Å². The molecule has 3 nitrogen and oxygen atoms in total. The molecule has 2 N–H and O–H groups in total. The summed E-state index contributed by atoms with van der Waals surface area (Å²) in [5.74, 6) is 0.638. The van der Waals surface area contributed by atoms with E-state index in [1.165, 1.54) is 25.7 Å². The lowest BCUT2D eigenvalue weighted by atomic mass is 9.91. The first kappa shape index (κ1) is 16.3. The minimum Gasteiger partial charge on any atom is -0.349 e. The second-order valence-corrected chi connectivity index (χ2v) is 6.48. The van der Waals surface area contributed by atoms with Crippen LogP contribution in [-0.2, 0) is 4.79 Å². The molecule has 2 unspecified atom stereocenters. The number of carbonyl (C=O) groups excluding carboxylic acids is 1. The molecule has 4 heteroatoms. The average Bonchev–Trinajstić information content (AvgIpc) is 3.00. The SMILES string of the molecule is CNCC(C)C(=O)NC(c1ccc(Cl)cc1)C1CCCC1. The average molecular weight is 309 g/mol. The lowest BCUT2D eigenvalue weighted by Gasteiger charge is -2.27. The van der Waals surface area contributed by atoms with Crippen LogP contribution in [0.4, 0.5) is 0 Å². The van der Waals surface area contributed by atoms with Crippen LogP contribution in [0.1, 0.15) is 44.2 Å². The molecule has 1 saturated carbocycles. The standard InChI is InChI=1S/C17H25ClN2O/c1-12(11-19-2)17(21)20-16(13-5-3-4-6-13)14-7-9-15(18)10-8-14/h7-10,12-13,16,19H,3-6,11H2,1-2H3,(H,20,21). The van der Waals surface area contributed by atoms with E-state index in [4.69, 9.17) is 11.6 Å². The minimum atomic E-state index is -0.0220. The van der Waals surface area contributed by atoms with Crippen molar-refractivity contribution in [3.63, 3.8) is 0 Å². The van der Waals surface area contributed by atoms with Crippen molar-refractivity contribution in [2.75, 3.05) is 13.6 Å². The van der Waals surface area contributed by atoms with Gasteiger partial charge in [0.1, 0.15) is 0 Å². The molecule has 0 spiro atoms. The van der Waals surface area contributed by atoms with Crippen LogP contribution >= 0.6 is 11.6 Å². The van der Waals surface area contributed by atoms with Crippen molar-refractivity contribution in [1.82, 2.24) is 10.6 Å². The first-order chi connectivity index (χ1) is 10.1. The van der Waals surface area contributed by atoms with Crippen molar-refractivity contribution >= 4 is 17.5 Å². The fourth-order valence-corrected chi connectivity index (χ4v) is 3.25. The molecule has 1 aliphatic rings. The van der Waals surface area contributed by atoms with Gasteiger partial charge in [0.2, 0.25) is 5.91 Å². The number of nitrogens with one attached hydrogen (secondary N) is 2. The lowest BCUT2D eigenvalue weighted by Crippen LogP contribution is -2.39. The van der Waals surface area contributed by atoms with Gasteiger partial charge < -0.3 is 10.6 Å². The predicted octanol–water partition coefficient (Wildman–Crippen LogP) is 3.54. The molecule has 1 aromatic carbocycles. The molecule has 0 aliphatic heterocycles. The zero-order valence-corrected chi connectivity index (χ0v) is 13.6. The molecule has 0 heterocycles. The second kappa shape index (κ2) is 7.81. The monoisotopic (exact) mass is 308 g/mol. The van der Waals surface area contributed by atoms with E-state index in [0.717, 1.165) is 10.6 Å². The molecule has 1 aromatic rings. The van der Waals surface area contributed by atoms with E-state index in [-0.39, 0.29) is 17.9 Å². The number of amides is 1. The van der Waals surface area contributed by atoms with Crippen molar-refractivity contribution in [3.05, 3.63) is 34.9 Å². The molecule has 21 heavy (non-hydrogen) atoms. The Labute approximate surface area is 132 Å². The molecule has 1 amide bonds. The molecule has 0 radical (unpaired) electrons. The quantitative estimate of drug-likeness (QED) is 0.844. The summed E-state index contributed by atoms with van der Waals surface area (Å²) in [6.45, 7) is 2.66. The number of rotatable bonds is 6. The van der Waals surface area contributed by atoms with Gasteiger partial charge in [-0.3, -0.25) is 4.79 Å². The van der Waals surface area contributed by atoms with Gasteiger partial charge in [-0.1, -0.05) is 43.5 Å². The van der Waals surface area contributed by atoms with Crippen molar-refractivity contribution in [2.24, 2.45) is 11.8 Å². The van der Waals surface area contributed by atoms with E-state index in [2.05, 4.69) is 10.6 Å². The Hall–Kier alpha value is -1.06. The van der Waals surface area contributed by atoms with E-state index in [1.54, 1.807) is 0 Å². The summed E-state index contributed by atoms with van der Waals surface area (Å²) in [6.07, 6.45) is 4.90. The van der Waals surface area contributed by atoms with Crippen LogP contribution in [0.5, 0.6) is 0 Å². The number of halogens is 1. The topological polar surface area (TPSA) is 41.1 Å². The van der Waals surface area contributed by atoms with Crippen LogP contribution < -0.4 is 10.6 Å². The highest BCUT2D eigenvalue weighted by molar-refractivity contribution is 6.30. The molecular weight excluding hydrogens is 284 g/mol. The third kappa shape index (κ3) is 4.45. The summed E-state index contributed by atoms with van der Waals surface area (Å²) in [7, 11) is 1.87. The van der Waals surface area contributed by atoms with Crippen LogP contribution in [-0.4, -0.2) is 19.5 Å². The third-order valence-electron chi connectivity index (χ3n) is 4.36. The van der Waals surface area contributed by atoms with E-state index < -0.39 is 0 Å². The summed E-state index contributed by atoms with van der Waals surface area (Å²) >= 11 is 5.98. The number of hydrogen-bond acceptors (Lipinski definition) is 2. The largest absolute Gasteiger partial charge is 0.349 e. The van der Waals surface area contributed by atoms with Gasteiger partial charge in [-0.25, -0.2) is 0 Å². The van der Waals surface area contributed by atoms with E-state index in [9.17, 15) is 4.79 Å². The Morgan fingerprint density at radius 1 is 1.29 bits per heavy atom. The normalized spacial score (nSPS) is 18.4. The maximum atomic E-state index is 12.4. The Morgan fingerprint density at radius 2 is 1.90 bits per heavy atom. The Morgan fingerprint density at radius 3 is 2.48 bits per heavy atom. The van der Waals surface area contributed by atoms with Crippen molar-refractivity contribution < 1.29 is 4.79 Å². The van der Waals surface area contributed by atoms with Crippen LogP contribution in [0.3, 0.4) is 0 Å². The highest BCUT2D eigenvalue weighted by Crippen LogP contribution is 2.36. The van der Waals surface area contributed by atoms with Gasteiger partial charge in [-0.15, -0.1) is 0 Å². The summed E-state index contributed by atoms with van der Waals surface area (Å²) in [5.41, 5.74) is 1.16. The summed E-state index contributed by atoms with van der Waals surface area (Å²) in [6, 6.07) is 7.99. The van der Waals surface area contributed by atoms with Crippen molar-refractivity contribution in [3.8, 4) is 0 Å². The number of carbonyl (C=O) groups is 1. The van der Waals surface area contributed by atoms with Crippen LogP contribution in [0.2, 0.25) is 5.02 Å². The van der Waals surface area contributed by atoms with Gasteiger partial charge in [-0.2, -0.15) is 0 Å². The van der Waals surface area contributed by atoms with Crippen LogP contribution in [0, 0.1) is 11.8 Å². The van der Waals surface area contributed by atoms with Crippen molar-refractivity contribution in [1.29, 1.82) is 0 Å². The first-order valence-electron chi connectivity index (χ1n) is 7.82. The molecule has 0 aromatic heterocycles. The van der Waals surface area contributed by atoms with Gasteiger partial charge in [0.05, 0.1) is 6.04 Å². The van der Waals surface area contributed by atoms with E-state index in [1.807, 2.05) is 38.2 Å². The molecule has 1 fully saturated rings. The number of benzene rings is 1. The van der Waals surface area contributed by atoms with Gasteiger partial charge in [0.15, 0.2) is 0 Å². The smallest absolute Gasteiger partial charge is 0.224 e.